The summed E-state index contributed by atoms with van der Waals surface area (Å²) in [7, 11) is 1.31. The van der Waals surface area contributed by atoms with Crippen molar-refractivity contribution in [3.8, 4) is 23.2 Å². The number of hydrogen-bond acceptors (Lipinski definition) is 3. The summed E-state index contributed by atoms with van der Waals surface area (Å²) in [6, 6.07) is 3.84. The van der Waals surface area contributed by atoms with Gasteiger partial charge in [-0.05, 0) is 12.1 Å². The van der Waals surface area contributed by atoms with E-state index in [1.54, 1.807) is 6.07 Å². The molecule has 21 heavy (non-hydrogen) atoms. The third-order valence-corrected chi connectivity index (χ3v) is 3.23. The van der Waals surface area contributed by atoms with Crippen LogP contribution in [0.2, 0.25) is 10.0 Å². The Morgan fingerprint density at radius 2 is 2.05 bits per heavy atom. The molecule has 0 spiro atoms. The molecule has 0 radical (unpaired) electrons. The van der Waals surface area contributed by atoms with Crippen LogP contribution in [0.3, 0.4) is 0 Å². The minimum Gasteiger partial charge on any atom is -0.416 e. The van der Waals surface area contributed by atoms with Crippen molar-refractivity contribution in [3.05, 3.63) is 33.6 Å². The topological polar surface area (TPSA) is 50.8 Å². The van der Waals surface area contributed by atoms with Crippen molar-refractivity contribution in [2.24, 2.45) is 7.05 Å². The molecule has 1 heterocycles. The highest BCUT2D eigenvalue weighted by atomic mass is 35.5. The van der Waals surface area contributed by atoms with E-state index in [9.17, 15) is 13.2 Å². The number of alkyl halides is 2. The lowest BCUT2D eigenvalue weighted by molar-refractivity contribution is -0.0552. The van der Waals surface area contributed by atoms with Gasteiger partial charge in [0, 0.05) is 12.6 Å². The highest BCUT2D eigenvalue weighted by Crippen LogP contribution is 2.37. The van der Waals surface area contributed by atoms with Crippen LogP contribution in [-0.2, 0) is 7.05 Å². The lowest BCUT2D eigenvalue weighted by Gasteiger charge is -2.04. The van der Waals surface area contributed by atoms with Crippen LogP contribution < -0.4 is 4.74 Å². The number of ether oxygens (including phenoxy) is 1. The van der Waals surface area contributed by atoms with Gasteiger partial charge in [0.1, 0.15) is 22.6 Å². The van der Waals surface area contributed by atoms with Crippen molar-refractivity contribution < 1.29 is 17.9 Å². The molecule has 0 unspecified atom stereocenters. The molecule has 2 aromatic rings. The summed E-state index contributed by atoms with van der Waals surface area (Å²) >= 11 is 11.6. The van der Waals surface area contributed by atoms with E-state index in [1.165, 1.54) is 7.05 Å². The maximum Gasteiger partial charge on any atom is 0.388 e. The number of aromatic nitrogens is 2. The Labute approximate surface area is 127 Å². The smallest absolute Gasteiger partial charge is 0.388 e. The molecule has 0 bridgehead atoms. The summed E-state index contributed by atoms with van der Waals surface area (Å²) in [6.07, 6.45) is 0. The molecular weight excluding hydrogens is 330 g/mol. The molecule has 2 rings (SSSR count). The predicted molar refractivity (Wildman–Crippen MR) is 70.0 cm³/mol. The molecule has 0 saturated heterocycles. The van der Waals surface area contributed by atoms with E-state index < -0.39 is 18.3 Å². The summed E-state index contributed by atoms with van der Waals surface area (Å²) < 4.78 is 43.7. The summed E-state index contributed by atoms with van der Waals surface area (Å²) in [5, 5.41) is 12.4. The minimum absolute atomic E-state index is 0.00566. The molecule has 0 amide bonds. The van der Waals surface area contributed by atoms with Gasteiger partial charge in [-0.3, -0.25) is 0 Å². The van der Waals surface area contributed by atoms with Crippen LogP contribution in [0.1, 0.15) is 5.56 Å². The second kappa shape index (κ2) is 5.84. The third kappa shape index (κ3) is 2.91. The molecule has 4 nitrogen and oxygen atoms in total. The van der Waals surface area contributed by atoms with Crippen LogP contribution in [0.5, 0.6) is 5.88 Å². The molecule has 1 aromatic carbocycles. The molecule has 0 N–H and O–H groups in total. The fraction of sp³-hybridized carbons (Fsp3) is 0.167. The van der Waals surface area contributed by atoms with E-state index in [4.69, 9.17) is 28.5 Å². The first kappa shape index (κ1) is 15.5. The lowest BCUT2D eigenvalue weighted by Crippen LogP contribution is -2.06. The standard InChI is InChI=1S/C12H6Cl2F3N3O/c1-20-11(21-12(16)17)9(14)10(19-20)6-2-5(4-18)7(13)3-8(6)15/h2-3,12H,1H3. The first-order valence-electron chi connectivity index (χ1n) is 5.42. The highest BCUT2D eigenvalue weighted by molar-refractivity contribution is 6.34. The summed E-state index contributed by atoms with van der Waals surface area (Å²) in [6.45, 7) is -3.10. The number of aryl methyl sites for hydroxylation is 1. The second-order valence-electron chi connectivity index (χ2n) is 3.89. The predicted octanol–water partition coefficient (Wildman–Crippen LogP) is 4.01. The third-order valence-electron chi connectivity index (χ3n) is 2.57. The van der Waals surface area contributed by atoms with Gasteiger partial charge in [0.15, 0.2) is 0 Å². The van der Waals surface area contributed by atoms with Gasteiger partial charge in [-0.2, -0.15) is 19.1 Å². The Balaban J connectivity index is 2.61. The highest BCUT2D eigenvalue weighted by Gasteiger charge is 2.23. The van der Waals surface area contributed by atoms with Crippen LogP contribution in [0, 0.1) is 17.1 Å². The number of nitrogens with zero attached hydrogens (tertiary/aromatic N) is 3. The largest absolute Gasteiger partial charge is 0.416 e. The van der Waals surface area contributed by atoms with Crippen LogP contribution in [0.25, 0.3) is 11.3 Å². The molecule has 110 valence electrons. The van der Waals surface area contributed by atoms with Gasteiger partial charge >= 0.3 is 6.61 Å². The SMILES string of the molecule is Cn1nc(-c2cc(C#N)c(Cl)cc2F)c(Cl)c1OC(F)F. The maximum absolute atomic E-state index is 13.9. The number of rotatable bonds is 3. The quantitative estimate of drug-likeness (QED) is 0.851. The summed E-state index contributed by atoms with van der Waals surface area (Å²) in [4.78, 5) is 0. The van der Waals surface area contributed by atoms with Gasteiger partial charge in [-0.1, -0.05) is 23.2 Å². The van der Waals surface area contributed by atoms with E-state index in [2.05, 4.69) is 9.84 Å². The van der Waals surface area contributed by atoms with Gasteiger partial charge in [0.2, 0.25) is 5.88 Å². The molecule has 0 aliphatic rings. The number of benzene rings is 1. The molecule has 0 aliphatic carbocycles. The zero-order valence-corrected chi connectivity index (χ0v) is 11.9. The van der Waals surface area contributed by atoms with E-state index in [0.717, 1.165) is 16.8 Å². The van der Waals surface area contributed by atoms with Gasteiger partial charge in [-0.25, -0.2) is 9.07 Å². The molecular formula is C12H6Cl2F3N3O. The van der Waals surface area contributed by atoms with E-state index in [1.807, 2.05) is 0 Å². The Bertz CT molecular complexity index is 740. The number of halogens is 5. The molecule has 0 saturated carbocycles. The van der Waals surface area contributed by atoms with Gasteiger partial charge in [0.25, 0.3) is 0 Å². The molecule has 0 aliphatic heterocycles. The zero-order chi connectivity index (χ0) is 15.7. The van der Waals surface area contributed by atoms with E-state index in [0.29, 0.717) is 0 Å². The fourth-order valence-electron chi connectivity index (χ4n) is 1.68. The van der Waals surface area contributed by atoms with E-state index in [-0.39, 0.29) is 26.9 Å². The molecule has 1 aromatic heterocycles. The molecule has 0 fully saturated rings. The lowest BCUT2D eigenvalue weighted by atomic mass is 10.1. The zero-order valence-electron chi connectivity index (χ0n) is 10.4. The first-order chi connectivity index (χ1) is 9.85. The fourth-order valence-corrected chi connectivity index (χ4v) is 2.18. The number of nitriles is 1. The van der Waals surface area contributed by atoms with Crippen molar-refractivity contribution in [1.29, 1.82) is 5.26 Å². The first-order valence-corrected chi connectivity index (χ1v) is 6.17. The number of hydrogen-bond donors (Lipinski definition) is 0. The van der Waals surface area contributed by atoms with Crippen molar-refractivity contribution in [2.45, 2.75) is 6.61 Å². The van der Waals surface area contributed by atoms with Crippen LogP contribution in [0.15, 0.2) is 12.1 Å². The van der Waals surface area contributed by atoms with Crippen LogP contribution >= 0.6 is 23.2 Å². The van der Waals surface area contributed by atoms with Crippen LogP contribution in [-0.4, -0.2) is 16.4 Å². The van der Waals surface area contributed by atoms with Crippen molar-refractivity contribution in [2.75, 3.05) is 0 Å². The summed E-state index contributed by atoms with van der Waals surface area (Å²) in [5.74, 6) is -1.20. The average molecular weight is 336 g/mol. The van der Waals surface area contributed by atoms with Crippen molar-refractivity contribution >= 4 is 23.2 Å². The average Bonchev–Trinajstić information content (AvgIpc) is 2.66. The van der Waals surface area contributed by atoms with Gasteiger partial charge < -0.3 is 4.74 Å². The monoisotopic (exact) mass is 335 g/mol. The Hall–Kier alpha value is -1.91. The Morgan fingerprint density at radius 3 is 2.62 bits per heavy atom. The van der Waals surface area contributed by atoms with Crippen molar-refractivity contribution in [3.63, 3.8) is 0 Å². The minimum atomic E-state index is -3.10. The molecule has 0 atom stereocenters. The normalized spacial score (nSPS) is 10.8. The Morgan fingerprint density at radius 1 is 1.38 bits per heavy atom. The van der Waals surface area contributed by atoms with Gasteiger partial charge in [0.05, 0.1) is 10.6 Å². The van der Waals surface area contributed by atoms with Gasteiger partial charge in [-0.15, -0.1) is 0 Å². The summed E-state index contributed by atoms with van der Waals surface area (Å²) in [5.41, 5.74) is -0.257. The Kier molecular flexibility index (Phi) is 4.30. The molecule has 9 heteroatoms. The second-order valence-corrected chi connectivity index (χ2v) is 4.68. The van der Waals surface area contributed by atoms with Crippen LogP contribution in [0.4, 0.5) is 13.2 Å². The van der Waals surface area contributed by atoms with Crippen molar-refractivity contribution in [1.82, 2.24) is 9.78 Å². The maximum atomic E-state index is 13.9. The van der Waals surface area contributed by atoms with E-state index >= 15 is 0 Å².